The Bertz CT molecular complexity index is 968. The van der Waals surface area contributed by atoms with Crippen LogP contribution in [0, 0.1) is 56.7 Å². The van der Waals surface area contributed by atoms with E-state index in [1.165, 1.54) is 56.9 Å². The summed E-state index contributed by atoms with van der Waals surface area (Å²) in [4.78, 5) is 11.9. The van der Waals surface area contributed by atoms with Gasteiger partial charge in [0.25, 0.3) is 0 Å². The summed E-state index contributed by atoms with van der Waals surface area (Å²) in [5.41, 5.74) is 3.32. The van der Waals surface area contributed by atoms with E-state index in [0.717, 1.165) is 18.6 Å². The number of nitrogens with zero attached hydrogens (tertiary/aromatic N) is 1. The standard InChI is InChI=1S/C32H51NO3/c1-20(2)22-11-16-32(19-36-21(3)34)18-17-30(7)23(27(22)32)9-10-25-29(6)14-13-26(33-35)28(4,5)24(29)12-15-31(25,30)8/h22-25,27,35H,1,9-19H2,2-8H3/b33-26-/t22-,23+,24+,25+,27-,29-,30+,31+,32+/m0/s1. The Kier molecular flexibility index (Phi) is 6.09. The Morgan fingerprint density at radius 2 is 1.67 bits per heavy atom. The first-order chi connectivity index (χ1) is 16.8. The average molecular weight is 498 g/mol. The molecule has 0 aliphatic heterocycles. The fraction of sp³-hybridized carbons (Fsp3) is 0.875. The van der Waals surface area contributed by atoms with Gasteiger partial charge in [-0.1, -0.05) is 51.9 Å². The van der Waals surface area contributed by atoms with Gasteiger partial charge in [0.1, 0.15) is 0 Å². The monoisotopic (exact) mass is 497 g/mol. The molecule has 4 nitrogen and oxygen atoms in total. The summed E-state index contributed by atoms with van der Waals surface area (Å²) >= 11 is 0. The Balaban J connectivity index is 1.53. The molecule has 0 bridgehead atoms. The lowest BCUT2D eigenvalue weighted by Crippen LogP contribution is -2.66. The van der Waals surface area contributed by atoms with Gasteiger partial charge in [-0.2, -0.15) is 0 Å². The normalized spacial score (nSPS) is 50.4. The smallest absolute Gasteiger partial charge is 0.302 e. The average Bonchev–Trinajstić information content (AvgIpc) is 3.18. The van der Waals surface area contributed by atoms with Gasteiger partial charge in [-0.3, -0.25) is 4.79 Å². The molecular weight excluding hydrogens is 446 g/mol. The summed E-state index contributed by atoms with van der Waals surface area (Å²) in [7, 11) is 0. The minimum atomic E-state index is -0.136. The van der Waals surface area contributed by atoms with Crippen LogP contribution in [0.25, 0.3) is 0 Å². The zero-order valence-corrected chi connectivity index (χ0v) is 24.1. The van der Waals surface area contributed by atoms with Crippen molar-refractivity contribution in [3.63, 3.8) is 0 Å². The van der Waals surface area contributed by atoms with Gasteiger partial charge in [-0.25, -0.2) is 0 Å². The van der Waals surface area contributed by atoms with Crippen molar-refractivity contribution in [3.8, 4) is 0 Å². The van der Waals surface area contributed by atoms with E-state index in [0.29, 0.717) is 47.0 Å². The predicted octanol–water partition coefficient (Wildman–Crippen LogP) is 8.04. The molecule has 9 atom stereocenters. The van der Waals surface area contributed by atoms with Gasteiger partial charge in [0, 0.05) is 17.8 Å². The van der Waals surface area contributed by atoms with Crippen molar-refractivity contribution in [2.24, 2.45) is 61.8 Å². The molecule has 4 heteroatoms. The van der Waals surface area contributed by atoms with E-state index in [1.807, 2.05) is 0 Å². The lowest BCUT2D eigenvalue weighted by atomic mass is 9.32. The molecule has 0 radical (unpaired) electrons. The van der Waals surface area contributed by atoms with E-state index >= 15 is 0 Å². The first kappa shape index (κ1) is 26.3. The number of oxime groups is 1. The van der Waals surface area contributed by atoms with Gasteiger partial charge in [0.2, 0.25) is 0 Å². The fourth-order valence-electron chi connectivity index (χ4n) is 11.8. The Morgan fingerprint density at radius 3 is 2.31 bits per heavy atom. The van der Waals surface area contributed by atoms with Crippen LogP contribution in [0.4, 0.5) is 0 Å². The number of fused-ring (bicyclic) bond motifs is 7. The van der Waals surface area contributed by atoms with Crippen molar-refractivity contribution in [1.82, 2.24) is 0 Å². The highest BCUT2D eigenvalue weighted by atomic mass is 16.5. The highest BCUT2D eigenvalue weighted by molar-refractivity contribution is 5.90. The van der Waals surface area contributed by atoms with Crippen molar-refractivity contribution in [2.75, 3.05) is 6.61 Å². The van der Waals surface area contributed by atoms with Crippen molar-refractivity contribution in [3.05, 3.63) is 12.2 Å². The number of esters is 1. The summed E-state index contributed by atoms with van der Waals surface area (Å²) in [6.07, 6.45) is 12.0. The second-order valence-electron chi connectivity index (χ2n) is 15.1. The molecule has 5 aliphatic rings. The molecule has 0 aromatic rings. The third kappa shape index (κ3) is 3.30. The third-order valence-electron chi connectivity index (χ3n) is 13.7. The molecule has 36 heavy (non-hydrogen) atoms. The second kappa shape index (κ2) is 8.34. The number of hydrogen-bond acceptors (Lipinski definition) is 4. The zero-order valence-electron chi connectivity index (χ0n) is 24.1. The molecule has 0 saturated heterocycles. The zero-order chi connectivity index (χ0) is 26.3. The number of carbonyl (C=O) groups is 1. The van der Waals surface area contributed by atoms with Gasteiger partial charge in [0.15, 0.2) is 0 Å². The van der Waals surface area contributed by atoms with E-state index in [-0.39, 0.29) is 22.2 Å². The molecular formula is C32H51NO3. The van der Waals surface area contributed by atoms with Crippen LogP contribution in [0.1, 0.15) is 113 Å². The van der Waals surface area contributed by atoms with Gasteiger partial charge >= 0.3 is 5.97 Å². The van der Waals surface area contributed by atoms with E-state index < -0.39 is 0 Å². The molecule has 0 heterocycles. The maximum Gasteiger partial charge on any atom is 0.302 e. The van der Waals surface area contributed by atoms with Crippen LogP contribution >= 0.6 is 0 Å². The molecule has 5 rings (SSSR count). The summed E-state index contributed by atoms with van der Waals surface area (Å²) in [5, 5.41) is 13.6. The minimum Gasteiger partial charge on any atom is -0.465 e. The third-order valence-corrected chi connectivity index (χ3v) is 13.7. The SMILES string of the molecule is C=C(C)[C@@H]1CC[C@]2(COC(C)=O)CC[C@]3(C)[C@H](CC[C@@H]4[C@@]5(C)CC/C(=N/O)C(C)(C)[C@H]5CC[C@]43C)[C@H]12. The van der Waals surface area contributed by atoms with Crippen LogP contribution in [0.2, 0.25) is 0 Å². The lowest BCUT2D eigenvalue weighted by Gasteiger charge is -2.72. The predicted molar refractivity (Wildman–Crippen MR) is 145 cm³/mol. The number of rotatable bonds is 3. The van der Waals surface area contributed by atoms with Crippen LogP contribution in [0.5, 0.6) is 0 Å². The Morgan fingerprint density at radius 1 is 0.944 bits per heavy atom. The molecule has 5 saturated carbocycles. The maximum absolute atomic E-state index is 11.9. The van der Waals surface area contributed by atoms with E-state index in [4.69, 9.17) is 4.74 Å². The molecule has 5 aliphatic carbocycles. The van der Waals surface area contributed by atoms with Crippen LogP contribution in [0.15, 0.2) is 17.3 Å². The van der Waals surface area contributed by atoms with Crippen molar-refractivity contribution in [2.45, 2.75) is 113 Å². The fourth-order valence-corrected chi connectivity index (χ4v) is 11.8. The lowest BCUT2D eigenvalue weighted by molar-refractivity contribution is -0.231. The molecule has 0 amide bonds. The number of hydrogen-bond donors (Lipinski definition) is 1. The molecule has 0 aromatic carbocycles. The summed E-state index contributed by atoms with van der Waals surface area (Å²) < 4.78 is 5.79. The first-order valence-electron chi connectivity index (χ1n) is 14.8. The molecule has 1 N–H and O–H groups in total. The van der Waals surface area contributed by atoms with Gasteiger partial charge < -0.3 is 9.94 Å². The van der Waals surface area contributed by atoms with Crippen molar-refractivity contribution in [1.29, 1.82) is 0 Å². The quantitative estimate of drug-likeness (QED) is 0.186. The largest absolute Gasteiger partial charge is 0.465 e. The number of carbonyl (C=O) groups excluding carboxylic acids is 1. The van der Waals surface area contributed by atoms with Crippen LogP contribution < -0.4 is 0 Å². The van der Waals surface area contributed by atoms with Gasteiger partial charge in [0.05, 0.1) is 12.3 Å². The van der Waals surface area contributed by atoms with E-state index in [1.54, 1.807) is 6.92 Å². The molecule has 202 valence electrons. The highest BCUT2D eigenvalue weighted by Gasteiger charge is 2.70. The molecule has 0 unspecified atom stereocenters. The number of allylic oxidation sites excluding steroid dienone is 1. The summed E-state index contributed by atoms with van der Waals surface area (Å²) in [6, 6.07) is 0. The summed E-state index contributed by atoms with van der Waals surface area (Å²) in [6.45, 7) is 21.5. The minimum absolute atomic E-state index is 0.0386. The van der Waals surface area contributed by atoms with Crippen LogP contribution in [0.3, 0.4) is 0 Å². The second-order valence-corrected chi connectivity index (χ2v) is 15.1. The van der Waals surface area contributed by atoms with E-state index in [9.17, 15) is 10.0 Å². The Hall–Kier alpha value is -1.32. The summed E-state index contributed by atoms with van der Waals surface area (Å²) in [5.74, 6) is 2.93. The highest BCUT2D eigenvalue weighted by Crippen LogP contribution is 2.77. The van der Waals surface area contributed by atoms with Crippen LogP contribution in [-0.4, -0.2) is 23.5 Å². The number of ether oxygens (including phenoxy) is 1. The molecule has 0 aromatic heterocycles. The van der Waals surface area contributed by atoms with Gasteiger partial charge in [-0.05, 0) is 117 Å². The maximum atomic E-state index is 11.9. The topological polar surface area (TPSA) is 58.9 Å². The Labute approximate surface area is 219 Å². The van der Waals surface area contributed by atoms with Crippen molar-refractivity contribution < 1.29 is 14.7 Å². The molecule has 0 spiro atoms. The molecule has 5 fully saturated rings. The van der Waals surface area contributed by atoms with Gasteiger partial charge in [-0.15, -0.1) is 0 Å². The van der Waals surface area contributed by atoms with Crippen molar-refractivity contribution >= 4 is 11.7 Å². The van der Waals surface area contributed by atoms with Crippen LogP contribution in [-0.2, 0) is 9.53 Å². The van der Waals surface area contributed by atoms with E-state index in [2.05, 4.69) is 53.3 Å². The first-order valence-corrected chi connectivity index (χ1v) is 14.8.